The molecule has 0 fully saturated rings. The number of ether oxygens (including phenoxy) is 1. The molecule has 2 aromatic carbocycles. The van der Waals surface area contributed by atoms with Crippen molar-refractivity contribution >= 4 is 15.7 Å². The third-order valence-corrected chi connectivity index (χ3v) is 4.05. The fraction of sp³-hybridized carbons (Fsp3) is 0.143. The monoisotopic (exact) mass is 292 g/mol. The Morgan fingerprint density at radius 2 is 1.80 bits per heavy atom. The lowest BCUT2D eigenvalue weighted by molar-refractivity contribution is 0.323. The Hall–Kier alpha value is -2.05. The maximum absolute atomic E-state index is 11.9. The van der Waals surface area contributed by atoms with Crippen molar-refractivity contribution < 1.29 is 13.2 Å². The van der Waals surface area contributed by atoms with Gasteiger partial charge in [-0.3, -0.25) is 0 Å². The molecule has 20 heavy (non-hydrogen) atoms. The van der Waals surface area contributed by atoms with Gasteiger partial charge >= 0.3 is 0 Å². The van der Waals surface area contributed by atoms with Crippen LogP contribution in [-0.2, 0) is 10.0 Å². The van der Waals surface area contributed by atoms with Crippen LogP contribution in [0.25, 0.3) is 0 Å². The summed E-state index contributed by atoms with van der Waals surface area (Å²) < 4.78 is 31.7. The minimum Gasteiger partial charge on any atom is -0.492 e. The molecule has 0 unspecified atom stereocenters. The summed E-state index contributed by atoms with van der Waals surface area (Å²) in [5.41, 5.74) is 6.22. The van der Waals surface area contributed by atoms with E-state index in [4.69, 9.17) is 10.5 Å². The van der Waals surface area contributed by atoms with Gasteiger partial charge in [-0.15, -0.1) is 0 Å². The maximum atomic E-state index is 11.9. The number of anilines is 1. The lowest BCUT2D eigenvalue weighted by Gasteiger charge is -2.08. The summed E-state index contributed by atoms with van der Waals surface area (Å²) in [6.45, 7) is 0.418. The fourth-order valence-corrected chi connectivity index (χ4v) is 2.67. The summed E-state index contributed by atoms with van der Waals surface area (Å²) in [6.07, 6.45) is 0. The molecule has 0 aliphatic heterocycles. The second kappa shape index (κ2) is 6.40. The number of nitrogens with two attached hydrogens (primary N) is 1. The Kier molecular flexibility index (Phi) is 4.60. The predicted octanol–water partition coefficient (Wildman–Crippen LogP) is 1.63. The van der Waals surface area contributed by atoms with Crippen molar-refractivity contribution in [3.63, 3.8) is 0 Å². The van der Waals surface area contributed by atoms with Gasteiger partial charge in [0.15, 0.2) is 0 Å². The second-order valence-corrected chi connectivity index (χ2v) is 5.90. The van der Waals surface area contributed by atoms with Crippen molar-refractivity contribution in [2.24, 2.45) is 0 Å². The Morgan fingerprint density at radius 1 is 1.05 bits per heavy atom. The number of hydrogen-bond donors (Lipinski definition) is 2. The Balaban J connectivity index is 1.84. The minimum absolute atomic E-state index is 0.187. The van der Waals surface area contributed by atoms with E-state index in [9.17, 15) is 8.42 Å². The molecule has 2 aromatic rings. The highest BCUT2D eigenvalue weighted by Crippen LogP contribution is 2.14. The van der Waals surface area contributed by atoms with Crippen LogP contribution in [0.5, 0.6) is 5.75 Å². The molecule has 5 nitrogen and oxygen atoms in total. The number of sulfonamides is 1. The molecule has 6 heteroatoms. The second-order valence-electron chi connectivity index (χ2n) is 4.13. The molecule has 0 amide bonds. The van der Waals surface area contributed by atoms with Crippen LogP contribution in [0, 0.1) is 0 Å². The topological polar surface area (TPSA) is 81.4 Å². The molecule has 0 atom stereocenters. The largest absolute Gasteiger partial charge is 0.492 e. The van der Waals surface area contributed by atoms with Crippen LogP contribution in [0.15, 0.2) is 59.5 Å². The molecule has 106 valence electrons. The van der Waals surface area contributed by atoms with Crippen LogP contribution < -0.4 is 15.2 Å². The molecule has 0 radical (unpaired) electrons. The molecule has 0 aromatic heterocycles. The molecule has 3 N–H and O–H groups in total. The highest BCUT2D eigenvalue weighted by atomic mass is 32.2. The van der Waals surface area contributed by atoms with E-state index in [2.05, 4.69) is 4.72 Å². The van der Waals surface area contributed by atoms with E-state index in [0.717, 1.165) is 0 Å². The summed E-state index contributed by atoms with van der Waals surface area (Å²) in [6, 6.07) is 15.2. The van der Waals surface area contributed by atoms with Gasteiger partial charge in [-0.1, -0.05) is 24.3 Å². The van der Waals surface area contributed by atoms with Crippen LogP contribution in [0.4, 0.5) is 5.69 Å². The van der Waals surface area contributed by atoms with E-state index in [-0.39, 0.29) is 18.0 Å². The van der Waals surface area contributed by atoms with Crippen molar-refractivity contribution in [3.8, 4) is 5.75 Å². The number of nitrogens with one attached hydrogen (secondary N) is 1. The van der Waals surface area contributed by atoms with Gasteiger partial charge in [-0.25, -0.2) is 13.1 Å². The van der Waals surface area contributed by atoms with Crippen molar-refractivity contribution in [3.05, 3.63) is 54.6 Å². The van der Waals surface area contributed by atoms with Crippen molar-refractivity contribution in [1.82, 2.24) is 4.72 Å². The average Bonchev–Trinajstić information content (AvgIpc) is 2.45. The van der Waals surface area contributed by atoms with E-state index in [1.165, 1.54) is 0 Å². The zero-order valence-electron chi connectivity index (χ0n) is 10.8. The van der Waals surface area contributed by atoms with Crippen molar-refractivity contribution in [2.45, 2.75) is 4.90 Å². The predicted molar refractivity (Wildman–Crippen MR) is 78.0 cm³/mol. The summed E-state index contributed by atoms with van der Waals surface area (Å²) in [5, 5.41) is 0. The van der Waals surface area contributed by atoms with Gasteiger partial charge in [0.05, 0.1) is 4.90 Å². The smallest absolute Gasteiger partial charge is 0.240 e. The highest BCUT2D eigenvalue weighted by molar-refractivity contribution is 7.89. The normalized spacial score (nSPS) is 11.2. The molecule has 0 heterocycles. The van der Waals surface area contributed by atoms with Crippen LogP contribution in [0.3, 0.4) is 0 Å². The summed E-state index contributed by atoms with van der Waals surface area (Å²) in [4.78, 5) is 0.240. The van der Waals surface area contributed by atoms with Crippen LogP contribution in [-0.4, -0.2) is 21.6 Å². The van der Waals surface area contributed by atoms with E-state index < -0.39 is 10.0 Å². The molecule has 0 saturated carbocycles. The van der Waals surface area contributed by atoms with Gasteiger partial charge in [0.25, 0.3) is 0 Å². The number of nitrogen functional groups attached to an aromatic ring is 1. The molecule has 0 bridgehead atoms. The van der Waals surface area contributed by atoms with Crippen molar-refractivity contribution in [2.75, 3.05) is 18.9 Å². The molecule has 0 aliphatic carbocycles. The molecule has 0 saturated heterocycles. The van der Waals surface area contributed by atoms with E-state index >= 15 is 0 Å². The van der Waals surface area contributed by atoms with Gasteiger partial charge in [0.2, 0.25) is 10.0 Å². The number of benzene rings is 2. The lowest BCUT2D eigenvalue weighted by atomic mass is 10.3. The SMILES string of the molecule is Nc1cccc(OCCNS(=O)(=O)c2ccccc2)c1. The van der Waals surface area contributed by atoms with Crippen LogP contribution in [0.2, 0.25) is 0 Å². The van der Waals surface area contributed by atoms with Gasteiger partial charge in [-0.2, -0.15) is 0 Å². The van der Waals surface area contributed by atoms with Gasteiger partial charge in [0, 0.05) is 18.3 Å². The summed E-state index contributed by atoms with van der Waals surface area (Å²) in [5.74, 6) is 0.615. The molecular formula is C14H16N2O3S. The first-order chi connectivity index (χ1) is 9.58. The van der Waals surface area contributed by atoms with Crippen molar-refractivity contribution in [1.29, 1.82) is 0 Å². The molecule has 2 rings (SSSR count). The standard InChI is InChI=1S/C14H16N2O3S/c15-12-5-4-6-13(11-12)19-10-9-16-20(17,18)14-7-2-1-3-8-14/h1-8,11,16H,9-10,15H2. The third-order valence-electron chi connectivity index (χ3n) is 2.57. The van der Waals surface area contributed by atoms with Crippen LogP contribution in [0.1, 0.15) is 0 Å². The third kappa shape index (κ3) is 3.97. The summed E-state index contributed by atoms with van der Waals surface area (Å²) in [7, 11) is -3.48. The van der Waals surface area contributed by atoms with E-state index in [1.54, 1.807) is 54.6 Å². The molecular weight excluding hydrogens is 276 g/mol. The molecule has 0 aliphatic rings. The Bertz CT molecular complexity index is 657. The quantitative estimate of drug-likeness (QED) is 0.626. The first-order valence-electron chi connectivity index (χ1n) is 6.11. The lowest BCUT2D eigenvalue weighted by Crippen LogP contribution is -2.28. The minimum atomic E-state index is -3.48. The zero-order valence-corrected chi connectivity index (χ0v) is 11.6. The maximum Gasteiger partial charge on any atom is 0.240 e. The van der Waals surface area contributed by atoms with E-state index in [0.29, 0.717) is 11.4 Å². The van der Waals surface area contributed by atoms with Gasteiger partial charge in [0.1, 0.15) is 12.4 Å². The summed E-state index contributed by atoms with van der Waals surface area (Å²) >= 11 is 0. The number of hydrogen-bond acceptors (Lipinski definition) is 4. The van der Waals surface area contributed by atoms with E-state index in [1.807, 2.05) is 0 Å². The number of rotatable bonds is 6. The highest BCUT2D eigenvalue weighted by Gasteiger charge is 2.11. The fourth-order valence-electron chi connectivity index (χ4n) is 1.63. The van der Waals surface area contributed by atoms with Gasteiger partial charge < -0.3 is 10.5 Å². The van der Waals surface area contributed by atoms with Gasteiger partial charge in [-0.05, 0) is 24.3 Å². The molecule has 0 spiro atoms. The Morgan fingerprint density at radius 3 is 2.50 bits per heavy atom. The average molecular weight is 292 g/mol. The van der Waals surface area contributed by atoms with Crippen LogP contribution >= 0.6 is 0 Å². The first kappa shape index (κ1) is 14.4. The Labute approximate surface area is 118 Å². The zero-order chi connectivity index (χ0) is 14.4. The first-order valence-corrected chi connectivity index (χ1v) is 7.59.